The van der Waals surface area contributed by atoms with Crippen molar-refractivity contribution in [2.45, 2.75) is 39.5 Å². The van der Waals surface area contributed by atoms with Crippen LogP contribution in [0.1, 0.15) is 50.1 Å². The first-order valence-corrected chi connectivity index (χ1v) is 5.21. The molecule has 0 amide bonds. The van der Waals surface area contributed by atoms with Gasteiger partial charge >= 0.3 is 0 Å². The molecule has 11 heavy (non-hydrogen) atoms. The molecule has 0 aliphatic rings. The van der Waals surface area contributed by atoms with Gasteiger partial charge in [-0.25, -0.2) is 0 Å². The van der Waals surface area contributed by atoms with Crippen LogP contribution in [-0.4, -0.2) is 0 Å². The molecule has 0 bridgehead atoms. The Morgan fingerprint density at radius 2 is 1.82 bits per heavy atom. The van der Waals surface area contributed by atoms with Crippen LogP contribution in [-0.2, 0) is 0 Å². The Kier molecular flexibility index (Phi) is 2.78. The maximum Gasteiger partial charge on any atom is -0.00998 e. The van der Waals surface area contributed by atoms with Crippen LogP contribution < -0.4 is 0 Å². The van der Waals surface area contributed by atoms with Crippen molar-refractivity contribution in [3.05, 3.63) is 22.7 Å². The summed E-state index contributed by atoms with van der Waals surface area (Å²) in [7, 11) is 0.918. The van der Waals surface area contributed by atoms with E-state index in [2.05, 4.69) is 39.8 Å². The van der Waals surface area contributed by atoms with Gasteiger partial charge in [-0.15, -0.1) is 8.19 Å². The Hall–Kier alpha value is -0.220. The van der Waals surface area contributed by atoms with Crippen LogP contribution in [0.3, 0.4) is 0 Å². The Morgan fingerprint density at radius 1 is 1.18 bits per heavy atom. The highest BCUT2D eigenvalue weighted by atomic mass is 31.0. The molecule has 61 valence electrons. The predicted octanol–water partition coefficient (Wildman–Crippen LogP) is 3.76. The molecule has 0 N–H and O–H groups in total. The summed E-state index contributed by atoms with van der Waals surface area (Å²) < 4.78 is 0. The van der Waals surface area contributed by atoms with Crippen molar-refractivity contribution in [3.8, 4) is 0 Å². The Labute approximate surface area is 71.1 Å². The summed E-state index contributed by atoms with van der Waals surface area (Å²) in [4.78, 5) is 0. The van der Waals surface area contributed by atoms with Crippen LogP contribution in [0.4, 0.5) is 0 Å². The Balaban J connectivity index is 2.82. The lowest BCUT2D eigenvalue weighted by molar-refractivity contribution is 0.888. The van der Waals surface area contributed by atoms with Crippen LogP contribution in [0.15, 0.2) is 6.07 Å². The first-order valence-electron chi connectivity index (χ1n) is 4.21. The van der Waals surface area contributed by atoms with Crippen molar-refractivity contribution in [1.82, 2.24) is 0 Å². The van der Waals surface area contributed by atoms with Gasteiger partial charge in [0, 0.05) is 0 Å². The maximum atomic E-state index is 3.35. The molecule has 0 nitrogen and oxygen atoms in total. The van der Waals surface area contributed by atoms with Gasteiger partial charge in [-0.3, -0.25) is 0 Å². The molecule has 1 unspecified atom stereocenters. The Bertz CT molecular complexity index is 198. The molecule has 1 aromatic heterocycles. The second-order valence-electron chi connectivity index (χ2n) is 3.59. The third-order valence-corrected chi connectivity index (χ3v) is 3.86. The van der Waals surface area contributed by atoms with E-state index in [0.717, 1.165) is 8.19 Å². The molecule has 0 saturated heterocycles. The first-order chi connectivity index (χ1) is 5.11. The standard InChI is InChI=1S/C10H16P/c1-7(2)9-5-6-10(11-9)8(3)4/h5,7-8,11H,1-4H3. The SMILES string of the molecule is CC(C)c1[c]cc(C(C)C)[pH]1. The summed E-state index contributed by atoms with van der Waals surface area (Å²) in [6.07, 6.45) is 0. The molecule has 0 aliphatic heterocycles. The van der Waals surface area contributed by atoms with Gasteiger partial charge in [-0.2, -0.15) is 0 Å². The number of hydrogen-bond donors (Lipinski definition) is 0. The Morgan fingerprint density at radius 3 is 2.09 bits per heavy atom. The van der Waals surface area contributed by atoms with E-state index in [-0.39, 0.29) is 0 Å². The fourth-order valence-corrected chi connectivity index (χ4v) is 2.18. The number of hydrogen-bond acceptors (Lipinski definition) is 0. The molecule has 0 aliphatic carbocycles. The molecular weight excluding hydrogens is 151 g/mol. The van der Waals surface area contributed by atoms with Crippen molar-refractivity contribution in [2.75, 3.05) is 0 Å². The highest BCUT2D eigenvalue weighted by Crippen LogP contribution is 2.32. The molecule has 0 fully saturated rings. The van der Waals surface area contributed by atoms with Gasteiger partial charge < -0.3 is 0 Å². The quantitative estimate of drug-likeness (QED) is 0.629. The van der Waals surface area contributed by atoms with Crippen LogP contribution in [0.25, 0.3) is 0 Å². The maximum absolute atomic E-state index is 3.35. The minimum absolute atomic E-state index is 0.681. The molecule has 1 heterocycles. The average molecular weight is 167 g/mol. The second-order valence-corrected chi connectivity index (χ2v) is 4.96. The van der Waals surface area contributed by atoms with E-state index in [4.69, 9.17) is 0 Å². The van der Waals surface area contributed by atoms with Crippen molar-refractivity contribution < 1.29 is 0 Å². The van der Waals surface area contributed by atoms with E-state index < -0.39 is 0 Å². The topological polar surface area (TPSA) is 0 Å². The summed E-state index contributed by atoms with van der Waals surface area (Å²) in [5, 5.41) is 3.06. The zero-order valence-corrected chi connectivity index (χ0v) is 8.73. The largest absolute Gasteiger partial charge is 0.132 e. The normalized spacial score (nSPS) is 11.5. The van der Waals surface area contributed by atoms with Crippen molar-refractivity contribution >= 4 is 8.19 Å². The third-order valence-electron chi connectivity index (χ3n) is 1.86. The fraction of sp³-hybridized carbons (Fsp3) is 0.600. The van der Waals surface area contributed by atoms with Crippen molar-refractivity contribution in [3.63, 3.8) is 0 Å². The summed E-state index contributed by atoms with van der Waals surface area (Å²) in [5.74, 6) is 1.39. The van der Waals surface area contributed by atoms with Crippen LogP contribution >= 0.6 is 8.19 Å². The second kappa shape index (κ2) is 3.45. The highest BCUT2D eigenvalue weighted by Gasteiger charge is 2.04. The van der Waals surface area contributed by atoms with E-state index >= 15 is 0 Å². The zero-order valence-electron chi connectivity index (χ0n) is 7.73. The number of rotatable bonds is 2. The highest BCUT2D eigenvalue weighted by molar-refractivity contribution is 7.32. The predicted molar refractivity (Wildman–Crippen MR) is 53.0 cm³/mol. The van der Waals surface area contributed by atoms with Gasteiger partial charge in [-0.1, -0.05) is 27.7 Å². The average Bonchev–Trinajstić information content (AvgIpc) is 2.33. The molecule has 1 heteroatoms. The van der Waals surface area contributed by atoms with Gasteiger partial charge in [0.05, 0.1) is 0 Å². The van der Waals surface area contributed by atoms with Gasteiger partial charge in [-0.05, 0) is 34.6 Å². The van der Waals surface area contributed by atoms with E-state index in [1.54, 1.807) is 5.30 Å². The lowest BCUT2D eigenvalue weighted by Crippen LogP contribution is -1.78. The van der Waals surface area contributed by atoms with E-state index in [0.29, 0.717) is 11.8 Å². The van der Waals surface area contributed by atoms with Crippen molar-refractivity contribution in [2.24, 2.45) is 0 Å². The van der Waals surface area contributed by atoms with Gasteiger partial charge in [0.2, 0.25) is 0 Å². The molecule has 0 aromatic carbocycles. The molecule has 1 aromatic rings. The van der Waals surface area contributed by atoms with Crippen LogP contribution in [0.2, 0.25) is 0 Å². The monoisotopic (exact) mass is 167 g/mol. The molecule has 1 rings (SSSR count). The fourth-order valence-electron chi connectivity index (χ4n) is 1.01. The molecule has 0 saturated carbocycles. The minimum atomic E-state index is 0.681. The van der Waals surface area contributed by atoms with Crippen LogP contribution in [0, 0.1) is 6.07 Å². The van der Waals surface area contributed by atoms with Gasteiger partial charge in [0.1, 0.15) is 0 Å². The van der Waals surface area contributed by atoms with E-state index in [1.165, 1.54) is 5.30 Å². The molecule has 1 radical (unpaired) electrons. The van der Waals surface area contributed by atoms with E-state index in [1.807, 2.05) is 0 Å². The van der Waals surface area contributed by atoms with E-state index in [9.17, 15) is 0 Å². The summed E-state index contributed by atoms with van der Waals surface area (Å²) in [5.41, 5.74) is 0. The van der Waals surface area contributed by atoms with Gasteiger partial charge in [0.25, 0.3) is 0 Å². The molecular formula is C10H16P. The lowest BCUT2D eigenvalue weighted by atomic mass is 10.1. The van der Waals surface area contributed by atoms with Gasteiger partial charge in [0.15, 0.2) is 0 Å². The molecule has 0 spiro atoms. The molecule has 1 atom stereocenters. The van der Waals surface area contributed by atoms with Crippen LogP contribution in [0.5, 0.6) is 0 Å². The third kappa shape index (κ3) is 2.10. The summed E-state index contributed by atoms with van der Waals surface area (Å²) in [6, 6.07) is 5.53. The van der Waals surface area contributed by atoms with Crippen molar-refractivity contribution in [1.29, 1.82) is 0 Å². The lowest BCUT2D eigenvalue weighted by Gasteiger charge is -2.01. The zero-order chi connectivity index (χ0) is 8.43. The summed E-state index contributed by atoms with van der Waals surface area (Å²) >= 11 is 0. The minimum Gasteiger partial charge on any atom is -0.132 e. The smallest absolute Gasteiger partial charge is 0.00998 e. The summed E-state index contributed by atoms with van der Waals surface area (Å²) in [6.45, 7) is 8.99. The first kappa shape index (κ1) is 8.87.